The lowest BCUT2D eigenvalue weighted by Crippen LogP contribution is -2.01. The topological polar surface area (TPSA) is 64.4 Å². The number of halogens is 3. The van der Waals surface area contributed by atoms with E-state index >= 15 is 0 Å². The fourth-order valence-electron chi connectivity index (χ4n) is 2.36. The highest BCUT2D eigenvalue weighted by atomic mass is 35.5. The van der Waals surface area contributed by atoms with Crippen LogP contribution in [0.15, 0.2) is 47.6 Å². The van der Waals surface area contributed by atoms with Crippen LogP contribution in [0.2, 0.25) is 5.02 Å². The fraction of sp³-hybridized carbons (Fsp3) is 0.167. The van der Waals surface area contributed by atoms with Gasteiger partial charge in [0.2, 0.25) is 10.6 Å². The van der Waals surface area contributed by atoms with Crippen molar-refractivity contribution in [1.29, 1.82) is 0 Å². The molecule has 0 aliphatic carbocycles. The molecular weight excluding hydrogens is 410 g/mol. The van der Waals surface area contributed by atoms with Crippen LogP contribution in [0.5, 0.6) is 11.5 Å². The third-order valence-corrected chi connectivity index (χ3v) is 4.22. The Morgan fingerprint density at radius 1 is 1.29 bits per heavy atom. The zero-order chi connectivity index (χ0) is 20.1. The largest absolute Gasteiger partial charge is 0.496 e. The zero-order valence-electron chi connectivity index (χ0n) is 14.6. The number of nitrogens with zero attached hydrogens (tertiary/aromatic N) is 3. The van der Waals surface area contributed by atoms with Crippen LogP contribution in [-0.4, -0.2) is 28.2 Å². The number of aromatic nitrogens is 3. The summed E-state index contributed by atoms with van der Waals surface area (Å²) in [7, 11) is 1.55. The quantitative estimate of drug-likeness (QED) is 0.428. The Morgan fingerprint density at radius 2 is 2.04 bits per heavy atom. The van der Waals surface area contributed by atoms with Gasteiger partial charge in [-0.15, -0.1) is 0 Å². The van der Waals surface area contributed by atoms with Gasteiger partial charge in [-0.25, -0.2) is 13.9 Å². The van der Waals surface area contributed by atoms with E-state index in [2.05, 4.69) is 15.3 Å². The average Bonchev–Trinajstić information content (AvgIpc) is 3.06. The molecule has 3 rings (SSSR count). The van der Waals surface area contributed by atoms with Gasteiger partial charge in [-0.1, -0.05) is 11.6 Å². The van der Waals surface area contributed by atoms with Gasteiger partial charge in [-0.3, -0.25) is 0 Å². The number of nitrogens with one attached hydrogen (secondary N) is 1. The van der Waals surface area contributed by atoms with Crippen LogP contribution in [0.3, 0.4) is 0 Å². The lowest BCUT2D eigenvalue weighted by atomic mass is 10.1. The van der Waals surface area contributed by atoms with Crippen LogP contribution < -0.4 is 9.47 Å². The summed E-state index contributed by atoms with van der Waals surface area (Å²) in [5.41, 5.74) is 1.41. The van der Waals surface area contributed by atoms with Crippen molar-refractivity contribution in [2.75, 3.05) is 7.11 Å². The smallest absolute Gasteiger partial charge is 0.299 e. The van der Waals surface area contributed by atoms with Crippen LogP contribution in [0.25, 0.3) is 0 Å². The molecule has 2 aromatic carbocycles. The minimum atomic E-state index is -2.80. The summed E-state index contributed by atoms with van der Waals surface area (Å²) in [6, 6.07) is 12.2. The average molecular weight is 425 g/mol. The standard InChI is InChI=1S/C18H15ClF2N4O2S/c1-26-15-7-2-11(9-22-25-17(16(20)21)23-24-18(25)28)8-12(15)10-27-14-5-3-13(19)4-6-14/h2-9,16H,10H2,1H3,(H,24,28)/b22-9+. The molecule has 1 heterocycles. The fourth-order valence-corrected chi connectivity index (χ4v) is 2.68. The molecule has 0 radical (unpaired) electrons. The molecule has 0 spiro atoms. The summed E-state index contributed by atoms with van der Waals surface area (Å²) >= 11 is 10.8. The third-order valence-electron chi connectivity index (χ3n) is 3.71. The number of hydrogen-bond acceptors (Lipinski definition) is 5. The van der Waals surface area contributed by atoms with E-state index in [1.807, 2.05) is 0 Å². The summed E-state index contributed by atoms with van der Waals surface area (Å²) in [5.74, 6) is 0.720. The first-order valence-corrected chi connectivity index (χ1v) is 8.81. The first-order chi connectivity index (χ1) is 13.5. The minimum Gasteiger partial charge on any atom is -0.496 e. The Bertz CT molecular complexity index is 1030. The number of benzene rings is 2. The number of alkyl halides is 2. The summed E-state index contributed by atoms with van der Waals surface area (Å²) in [6.07, 6.45) is -1.40. The van der Waals surface area contributed by atoms with Crippen molar-refractivity contribution in [2.24, 2.45) is 5.10 Å². The van der Waals surface area contributed by atoms with Gasteiger partial charge in [0.05, 0.1) is 13.3 Å². The number of H-pyrrole nitrogens is 1. The molecule has 28 heavy (non-hydrogen) atoms. The number of ether oxygens (including phenoxy) is 2. The highest BCUT2D eigenvalue weighted by Crippen LogP contribution is 2.23. The lowest BCUT2D eigenvalue weighted by molar-refractivity contribution is 0.136. The summed E-state index contributed by atoms with van der Waals surface area (Å²) < 4.78 is 37.9. The Morgan fingerprint density at radius 3 is 2.71 bits per heavy atom. The highest BCUT2D eigenvalue weighted by Gasteiger charge is 2.16. The third kappa shape index (κ3) is 4.73. The minimum absolute atomic E-state index is 0.0219. The molecule has 0 saturated heterocycles. The van der Waals surface area contributed by atoms with Crippen molar-refractivity contribution in [3.05, 3.63) is 69.2 Å². The molecule has 6 nitrogen and oxygen atoms in total. The maximum absolute atomic E-state index is 13.0. The van der Waals surface area contributed by atoms with E-state index in [0.29, 0.717) is 22.1 Å². The van der Waals surface area contributed by atoms with Gasteiger partial charge in [-0.05, 0) is 60.2 Å². The zero-order valence-corrected chi connectivity index (χ0v) is 16.2. The van der Waals surface area contributed by atoms with Crippen molar-refractivity contribution >= 4 is 30.0 Å². The number of rotatable bonds is 7. The normalized spacial score (nSPS) is 11.3. The van der Waals surface area contributed by atoms with Crippen molar-refractivity contribution < 1.29 is 18.3 Å². The second-order valence-corrected chi connectivity index (χ2v) is 6.38. The number of hydrogen-bond donors (Lipinski definition) is 1. The van der Waals surface area contributed by atoms with Crippen LogP contribution in [0, 0.1) is 4.77 Å². The molecule has 10 heteroatoms. The van der Waals surface area contributed by atoms with E-state index < -0.39 is 12.2 Å². The van der Waals surface area contributed by atoms with E-state index in [9.17, 15) is 8.78 Å². The molecule has 0 saturated carbocycles. The van der Waals surface area contributed by atoms with E-state index in [-0.39, 0.29) is 11.4 Å². The second kappa shape index (κ2) is 8.94. The molecule has 0 amide bonds. The number of aromatic amines is 1. The second-order valence-electron chi connectivity index (χ2n) is 5.56. The summed E-state index contributed by atoms with van der Waals surface area (Å²) in [5, 5.41) is 10.4. The predicted molar refractivity (Wildman–Crippen MR) is 104 cm³/mol. The van der Waals surface area contributed by atoms with E-state index in [0.717, 1.165) is 10.2 Å². The number of methoxy groups -OCH3 is 1. The Balaban J connectivity index is 1.81. The first-order valence-electron chi connectivity index (χ1n) is 8.03. The van der Waals surface area contributed by atoms with Gasteiger partial charge >= 0.3 is 0 Å². The van der Waals surface area contributed by atoms with Gasteiger partial charge in [0.25, 0.3) is 6.43 Å². The van der Waals surface area contributed by atoms with E-state index in [1.54, 1.807) is 49.6 Å². The van der Waals surface area contributed by atoms with Gasteiger partial charge in [0, 0.05) is 10.6 Å². The van der Waals surface area contributed by atoms with Crippen LogP contribution >= 0.6 is 23.8 Å². The molecule has 1 aromatic heterocycles. The van der Waals surface area contributed by atoms with Crippen molar-refractivity contribution in [2.45, 2.75) is 13.0 Å². The van der Waals surface area contributed by atoms with Gasteiger partial charge in [0.1, 0.15) is 18.1 Å². The van der Waals surface area contributed by atoms with E-state index in [4.69, 9.17) is 33.3 Å². The molecule has 3 aromatic rings. The molecule has 0 unspecified atom stereocenters. The maximum Gasteiger partial charge on any atom is 0.299 e. The Hall–Kier alpha value is -2.78. The molecule has 0 fully saturated rings. The molecule has 0 bridgehead atoms. The molecule has 0 aliphatic rings. The molecular formula is C18H15ClF2N4O2S. The maximum atomic E-state index is 13.0. The molecule has 0 aliphatic heterocycles. The Labute approximate surface area is 169 Å². The summed E-state index contributed by atoms with van der Waals surface area (Å²) in [6.45, 7) is 0.236. The molecule has 1 N–H and O–H groups in total. The SMILES string of the molecule is COc1ccc(/C=N/n2c(C(F)F)n[nH]c2=S)cc1COc1ccc(Cl)cc1. The molecule has 146 valence electrons. The highest BCUT2D eigenvalue weighted by molar-refractivity contribution is 7.71. The van der Waals surface area contributed by atoms with Crippen molar-refractivity contribution in [3.63, 3.8) is 0 Å². The van der Waals surface area contributed by atoms with E-state index in [1.165, 1.54) is 6.21 Å². The first kappa shape index (κ1) is 20.0. The Kier molecular flexibility index (Phi) is 6.37. The van der Waals surface area contributed by atoms with Gasteiger partial charge < -0.3 is 9.47 Å². The summed E-state index contributed by atoms with van der Waals surface area (Å²) in [4.78, 5) is 0. The van der Waals surface area contributed by atoms with Crippen LogP contribution in [0.4, 0.5) is 8.78 Å². The van der Waals surface area contributed by atoms with Crippen LogP contribution in [0.1, 0.15) is 23.4 Å². The van der Waals surface area contributed by atoms with Gasteiger partial charge in [-0.2, -0.15) is 14.9 Å². The van der Waals surface area contributed by atoms with Crippen molar-refractivity contribution in [3.8, 4) is 11.5 Å². The van der Waals surface area contributed by atoms with Gasteiger partial charge in [0.15, 0.2) is 0 Å². The molecule has 0 atom stereocenters. The predicted octanol–water partition coefficient (Wildman–Crippen LogP) is 5.00. The lowest BCUT2D eigenvalue weighted by Gasteiger charge is -2.11. The van der Waals surface area contributed by atoms with Crippen LogP contribution in [-0.2, 0) is 6.61 Å². The monoisotopic (exact) mass is 424 g/mol. The van der Waals surface area contributed by atoms with Crippen molar-refractivity contribution in [1.82, 2.24) is 14.9 Å².